The van der Waals surface area contributed by atoms with Crippen LogP contribution in [0, 0.1) is 6.92 Å². The molecule has 2 rings (SSSR count). The van der Waals surface area contributed by atoms with Crippen molar-refractivity contribution in [1.29, 1.82) is 0 Å². The number of allylic oxidation sites excluding steroid dienone is 2. The molecule has 0 radical (unpaired) electrons. The van der Waals surface area contributed by atoms with Crippen LogP contribution in [0.3, 0.4) is 0 Å². The fraction of sp³-hybridized carbons (Fsp3) is 0.308. The van der Waals surface area contributed by atoms with Crippen LogP contribution in [0.25, 0.3) is 5.57 Å². The van der Waals surface area contributed by atoms with Gasteiger partial charge in [0.25, 0.3) is 0 Å². The van der Waals surface area contributed by atoms with Crippen molar-refractivity contribution < 1.29 is 4.79 Å². The van der Waals surface area contributed by atoms with Crippen molar-refractivity contribution in [2.75, 3.05) is 0 Å². The number of carbonyl (C=O) groups excluding carboxylic acids is 1. The minimum Gasteiger partial charge on any atom is -0.294 e. The van der Waals surface area contributed by atoms with Gasteiger partial charge in [-0.3, -0.25) is 4.79 Å². The molecule has 0 saturated carbocycles. The molecule has 0 heterocycles. The number of carbonyl (C=O) groups is 1. The fourth-order valence-electron chi connectivity index (χ4n) is 1.86. The van der Waals surface area contributed by atoms with Gasteiger partial charge in [0.15, 0.2) is 5.78 Å². The van der Waals surface area contributed by atoms with Gasteiger partial charge < -0.3 is 0 Å². The van der Waals surface area contributed by atoms with Gasteiger partial charge in [-0.2, -0.15) is 0 Å². The van der Waals surface area contributed by atoms with Gasteiger partial charge in [0.2, 0.25) is 0 Å². The minimum atomic E-state index is 0.216. The summed E-state index contributed by atoms with van der Waals surface area (Å²) in [5, 5.41) is 0.669. The van der Waals surface area contributed by atoms with Crippen molar-refractivity contribution in [3.05, 3.63) is 40.4 Å². The van der Waals surface area contributed by atoms with Crippen molar-refractivity contribution in [1.82, 2.24) is 0 Å². The number of ketones is 1. The Morgan fingerprint density at radius 2 is 2.13 bits per heavy atom. The third-order valence-corrected chi connectivity index (χ3v) is 3.00. The first kappa shape index (κ1) is 10.4. The predicted octanol–water partition coefficient (Wildman–Crippen LogP) is 3.78. The van der Waals surface area contributed by atoms with Gasteiger partial charge in [0.05, 0.1) is 0 Å². The van der Waals surface area contributed by atoms with E-state index in [0.717, 1.165) is 29.5 Å². The Kier molecular flexibility index (Phi) is 2.92. The third-order valence-electron chi connectivity index (χ3n) is 2.67. The fourth-order valence-corrected chi connectivity index (χ4v) is 2.08. The van der Waals surface area contributed by atoms with E-state index in [1.165, 1.54) is 0 Å². The third kappa shape index (κ3) is 2.13. The molecule has 2 heteroatoms. The van der Waals surface area contributed by atoms with Crippen LogP contribution in [0.15, 0.2) is 24.3 Å². The lowest BCUT2D eigenvalue weighted by molar-refractivity contribution is -0.114. The standard InChI is InChI=1S/C13H13ClO/c1-9-6-7-12(14)11(8-9)10-4-2-3-5-13(10)15/h4,6-8H,2-3,5H2,1H3. The predicted molar refractivity (Wildman–Crippen MR) is 63.0 cm³/mol. The van der Waals surface area contributed by atoms with E-state index in [9.17, 15) is 4.79 Å². The number of aryl methyl sites for hydroxylation is 1. The van der Waals surface area contributed by atoms with E-state index < -0.39 is 0 Å². The van der Waals surface area contributed by atoms with E-state index in [4.69, 9.17) is 11.6 Å². The summed E-state index contributed by atoms with van der Waals surface area (Å²) in [4.78, 5) is 11.7. The van der Waals surface area contributed by atoms with Crippen molar-refractivity contribution >= 4 is 23.0 Å². The molecule has 0 aliphatic heterocycles. The van der Waals surface area contributed by atoms with Crippen molar-refractivity contribution in [3.63, 3.8) is 0 Å². The number of benzene rings is 1. The Balaban J connectivity index is 2.48. The molecular formula is C13H13ClO. The maximum absolute atomic E-state index is 11.7. The normalized spacial score (nSPS) is 16.4. The molecule has 0 N–H and O–H groups in total. The smallest absolute Gasteiger partial charge is 0.163 e. The van der Waals surface area contributed by atoms with Gasteiger partial charge in [0.1, 0.15) is 0 Å². The summed E-state index contributed by atoms with van der Waals surface area (Å²) in [6, 6.07) is 5.80. The van der Waals surface area contributed by atoms with Crippen molar-refractivity contribution in [2.45, 2.75) is 26.2 Å². The summed E-state index contributed by atoms with van der Waals surface area (Å²) in [5.74, 6) is 0.216. The summed E-state index contributed by atoms with van der Waals surface area (Å²) in [5.41, 5.74) is 2.82. The summed E-state index contributed by atoms with van der Waals surface area (Å²) >= 11 is 6.10. The Bertz CT molecular complexity index is 432. The topological polar surface area (TPSA) is 17.1 Å². The lowest BCUT2D eigenvalue weighted by Gasteiger charge is -2.13. The van der Waals surface area contributed by atoms with Crippen LogP contribution in [0.5, 0.6) is 0 Å². The molecule has 0 spiro atoms. The zero-order valence-corrected chi connectivity index (χ0v) is 9.47. The molecule has 0 unspecified atom stereocenters. The minimum absolute atomic E-state index is 0.216. The van der Waals surface area contributed by atoms with E-state index in [1.54, 1.807) is 0 Å². The molecule has 78 valence electrons. The second-order valence-electron chi connectivity index (χ2n) is 3.92. The number of hydrogen-bond donors (Lipinski definition) is 0. The highest BCUT2D eigenvalue weighted by Crippen LogP contribution is 2.29. The highest BCUT2D eigenvalue weighted by Gasteiger charge is 2.17. The molecule has 0 aromatic heterocycles. The van der Waals surface area contributed by atoms with E-state index in [1.807, 2.05) is 31.2 Å². The van der Waals surface area contributed by atoms with Crippen LogP contribution in [-0.2, 0) is 4.79 Å². The SMILES string of the molecule is Cc1ccc(Cl)c(C2=CCCCC2=O)c1. The monoisotopic (exact) mass is 220 g/mol. The first-order chi connectivity index (χ1) is 7.18. The molecule has 1 nitrogen and oxygen atoms in total. The zero-order chi connectivity index (χ0) is 10.8. The first-order valence-corrected chi connectivity index (χ1v) is 5.56. The average Bonchev–Trinajstić information content (AvgIpc) is 2.23. The van der Waals surface area contributed by atoms with E-state index in [-0.39, 0.29) is 5.78 Å². The summed E-state index contributed by atoms with van der Waals surface area (Å²) in [6.07, 6.45) is 4.60. The van der Waals surface area contributed by atoms with Crippen LogP contribution in [0.4, 0.5) is 0 Å². The molecule has 0 fully saturated rings. The molecule has 0 saturated heterocycles. The molecule has 0 amide bonds. The Morgan fingerprint density at radius 3 is 2.87 bits per heavy atom. The Morgan fingerprint density at radius 1 is 1.33 bits per heavy atom. The van der Waals surface area contributed by atoms with Crippen molar-refractivity contribution in [3.8, 4) is 0 Å². The van der Waals surface area contributed by atoms with Gasteiger partial charge in [-0.25, -0.2) is 0 Å². The second kappa shape index (κ2) is 4.19. The van der Waals surface area contributed by atoms with Gasteiger partial charge in [0, 0.05) is 22.6 Å². The molecule has 1 aromatic carbocycles. The number of hydrogen-bond acceptors (Lipinski definition) is 1. The lowest BCUT2D eigenvalue weighted by atomic mass is 9.92. The average molecular weight is 221 g/mol. The maximum Gasteiger partial charge on any atom is 0.163 e. The second-order valence-corrected chi connectivity index (χ2v) is 4.32. The Labute approximate surface area is 94.8 Å². The molecule has 0 bridgehead atoms. The number of halogens is 1. The summed E-state index contributed by atoms with van der Waals surface area (Å²) < 4.78 is 0. The summed E-state index contributed by atoms with van der Waals surface area (Å²) in [7, 11) is 0. The summed E-state index contributed by atoms with van der Waals surface area (Å²) in [6.45, 7) is 2.01. The highest BCUT2D eigenvalue weighted by atomic mass is 35.5. The number of rotatable bonds is 1. The van der Waals surface area contributed by atoms with Crippen LogP contribution in [0.2, 0.25) is 5.02 Å². The van der Waals surface area contributed by atoms with E-state index in [0.29, 0.717) is 11.4 Å². The highest BCUT2D eigenvalue weighted by molar-refractivity contribution is 6.35. The largest absolute Gasteiger partial charge is 0.294 e. The first-order valence-electron chi connectivity index (χ1n) is 5.18. The van der Waals surface area contributed by atoms with Crippen LogP contribution >= 0.6 is 11.6 Å². The van der Waals surface area contributed by atoms with Gasteiger partial charge in [-0.1, -0.05) is 29.3 Å². The quantitative estimate of drug-likeness (QED) is 0.704. The Hall–Kier alpha value is -1.08. The van der Waals surface area contributed by atoms with E-state index >= 15 is 0 Å². The van der Waals surface area contributed by atoms with E-state index in [2.05, 4.69) is 0 Å². The van der Waals surface area contributed by atoms with Crippen LogP contribution in [0.1, 0.15) is 30.4 Å². The van der Waals surface area contributed by atoms with Crippen LogP contribution in [-0.4, -0.2) is 5.78 Å². The molecule has 0 atom stereocenters. The van der Waals surface area contributed by atoms with Gasteiger partial charge in [-0.05, 0) is 31.9 Å². The van der Waals surface area contributed by atoms with Gasteiger partial charge >= 0.3 is 0 Å². The van der Waals surface area contributed by atoms with Crippen molar-refractivity contribution in [2.24, 2.45) is 0 Å². The van der Waals surface area contributed by atoms with Gasteiger partial charge in [-0.15, -0.1) is 0 Å². The maximum atomic E-state index is 11.7. The number of Topliss-reactive ketones (excluding diaryl/α,β-unsaturated/α-hetero) is 1. The molecular weight excluding hydrogens is 208 g/mol. The lowest BCUT2D eigenvalue weighted by Crippen LogP contribution is -2.06. The molecule has 1 aliphatic carbocycles. The molecule has 15 heavy (non-hydrogen) atoms. The zero-order valence-electron chi connectivity index (χ0n) is 8.72. The molecule has 1 aliphatic rings. The molecule has 1 aromatic rings. The van der Waals surface area contributed by atoms with Crippen LogP contribution < -0.4 is 0 Å².